The predicted octanol–water partition coefficient (Wildman–Crippen LogP) is 2.00. The third-order valence-electron chi connectivity index (χ3n) is 1.18. The highest BCUT2D eigenvalue weighted by Gasteiger charge is 2.01. The smallest absolute Gasteiger partial charge is 0.163 e. The Labute approximate surface area is 78.0 Å². The number of allylic oxidation sites excluding steroid dienone is 6. The fraction of sp³-hybridized carbons (Fsp3) is 0.0909. The van der Waals surface area contributed by atoms with E-state index in [9.17, 15) is 9.59 Å². The first-order valence-electron chi connectivity index (χ1n) is 3.84. The van der Waals surface area contributed by atoms with Crippen LogP contribution in [0.2, 0.25) is 0 Å². The van der Waals surface area contributed by atoms with Crippen LogP contribution in [0, 0.1) is 0 Å². The molecule has 0 spiro atoms. The summed E-state index contributed by atoms with van der Waals surface area (Å²) in [5.74, 6) is -0.447. The number of hydrogen-bond donors (Lipinski definition) is 0. The molecule has 0 heterocycles. The van der Waals surface area contributed by atoms with Gasteiger partial charge < -0.3 is 0 Å². The van der Waals surface area contributed by atoms with Gasteiger partial charge in [-0.15, -0.1) is 0 Å². The molecule has 2 heteroatoms. The molecule has 0 fully saturated rings. The molecule has 0 aliphatic heterocycles. The van der Waals surface area contributed by atoms with Crippen molar-refractivity contribution in [2.75, 3.05) is 0 Å². The summed E-state index contributed by atoms with van der Waals surface area (Å²) < 4.78 is 0. The van der Waals surface area contributed by atoms with Gasteiger partial charge in [0.15, 0.2) is 11.6 Å². The molecule has 0 saturated carbocycles. The van der Waals surface area contributed by atoms with Crippen molar-refractivity contribution >= 4 is 11.6 Å². The molecule has 13 heavy (non-hydrogen) atoms. The minimum Gasteiger partial charge on any atom is -0.294 e. The van der Waals surface area contributed by atoms with Crippen molar-refractivity contribution in [2.24, 2.45) is 0 Å². The Bertz CT molecular complexity index is 242. The van der Waals surface area contributed by atoms with E-state index in [0.29, 0.717) is 0 Å². The summed E-state index contributed by atoms with van der Waals surface area (Å²) in [6, 6.07) is 0. The topological polar surface area (TPSA) is 34.1 Å². The first-order valence-corrected chi connectivity index (χ1v) is 3.84. The molecule has 0 N–H and O–H groups in total. The second-order valence-corrected chi connectivity index (χ2v) is 2.30. The maximum Gasteiger partial charge on any atom is 0.163 e. The molecule has 0 aliphatic carbocycles. The highest BCUT2D eigenvalue weighted by Crippen LogP contribution is 1.90. The van der Waals surface area contributed by atoms with Crippen LogP contribution in [0.1, 0.15) is 6.42 Å². The van der Waals surface area contributed by atoms with Gasteiger partial charge in [0.2, 0.25) is 0 Å². The molecule has 0 saturated heterocycles. The fourth-order valence-corrected chi connectivity index (χ4v) is 0.640. The first kappa shape index (κ1) is 11.3. The van der Waals surface area contributed by atoms with E-state index in [-0.39, 0.29) is 18.0 Å². The zero-order valence-corrected chi connectivity index (χ0v) is 7.40. The third kappa shape index (κ3) is 6.69. The number of carbonyl (C=O) groups is 2. The fourth-order valence-electron chi connectivity index (χ4n) is 0.640. The van der Waals surface area contributed by atoms with Gasteiger partial charge in [0, 0.05) is 0 Å². The van der Waals surface area contributed by atoms with E-state index in [2.05, 4.69) is 13.2 Å². The summed E-state index contributed by atoms with van der Waals surface area (Å²) >= 11 is 0. The van der Waals surface area contributed by atoms with Gasteiger partial charge in [0.25, 0.3) is 0 Å². The second kappa shape index (κ2) is 6.98. The van der Waals surface area contributed by atoms with Crippen LogP contribution >= 0.6 is 0 Å². The van der Waals surface area contributed by atoms with E-state index in [1.807, 2.05) is 0 Å². The van der Waals surface area contributed by atoms with Gasteiger partial charge in [0.05, 0.1) is 6.42 Å². The molecule has 0 atom stereocenters. The van der Waals surface area contributed by atoms with Crippen molar-refractivity contribution in [3.8, 4) is 0 Å². The quantitative estimate of drug-likeness (QED) is 0.352. The van der Waals surface area contributed by atoms with Crippen LogP contribution in [0.25, 0.3) is 0 Å². The number of rotatable bonds is 6. The summed E-state index contributed by atoms with van der Waals surface area (Å²) in [7, 11) is 0. The lowest BCUT2D eigenvalue weighted by atomic mass is 10.2. The van der Waals surface area contributed by atoms with Crippen LogP contribution in [-0.2, 0) is 9.59 Å². The SMILES string of the molecule is C=C/C=C/C(=O)CC(=O)/C=C/C=C. The van der Waals surface area contributed by atoms with Gasteiger partial charge in [-0.2, -0.15) is 0 Å². The van der Waals surface area contributed by atoms with Crippen molar-refractivity contribution in [3.05, 3.63) is 49.6 Å². The van der Waals surface area contributed by atoms with Gasteiger partial charge in [-0.3, -0.25) is 9.59 Å². The number of hydrogen-bond acceptors (Lipinski definition) is 2. The molecular weight excluding hydrogens is 164 g/mol. The minimum atomic E-state index is -0.224. The van der Waals surface area contributed by atoms with E-state index in [1.54, 1.807) is 0 Å². The van der Waals surface area contributed by atoms with Crippen LogP contribution in [0.15, 0.2) is 49.6 Å². The van der Waals surface area contributed by atoms with E-state index in [1.165, 1.54) is 36.5 Å². The molecule has 68 valence electrons. The van der Waals surface area contributed by atoms with Gasteiger partial charge in [-0.25, -0.2) is 0 Å². The first-order chi connectivity index (χ1) is 6.20. The standard InChI is InChI=1S/C11H12O2/c1-3-5-7-10(12)9-11(13)8-6-4-2/h3-8H,1-2,9H2/b7-5+,8-6+. The zero-order valence-electron chi connectivity index (χ0n) is 7.40. The van der Waals surface area contributed by atoms with Crippen molar-refractivity contribution < 1.29 is 9.59 Å². The van der Waals surface area contributed by atoms with Gasteiger partial charge >= 0.3 is 0 Å². The van der Waals surface area contributed by atoms with E-state index < -0.39 is 0 Å². The van der Waals surface area contributed by atoms with E-state index in [4.69, 9.17) is 0 Å². The maximum atomic E-state index is 11.0. The Hall–Kier alpha value is -1.70. The lowest BCUT2D eigenvalue weighted by Crippen LogP contribution is -2.01. The van der Waals surface area contributed by atoms with E-state index >= 15 is 0 Å². The molecule has 0 aromatic heterocycles. The van der Waals surface area contributed by atoms with Crippen molar-refractivity contribution in [2.45, 2.75) is 6.42 Å². The molecule has 0 radical (unpaired) electrons. The molecule has 0 aliphatic rings. The van der Waals surface area contributed by atoms with Crippen LogP contribution in [0.3, 0.4) is 0 Å². The number of ketones is 2. The number of carbonyl (C=O) groups excluding carboxylic acids is 2. The Morgan fingerprint density at radius 2 is 1.31 bits per heavy atom. The second-order valence-electron chi connectivity index (χ2n) is 2.30. The van der Waals surface area contributed by atoms with Crippen molar-refractivity contribution in [3.63, 3.8) is 0 Å². The van der Waals surface area contributed by atoms with Crippen LogP contribution in [0.4, 0.5) is 0 Å². The molecule has 2 nitrogen and oxygen atoms in total. The molecule has 0 aromatic carbocycles. The monoisotopic (exact) mass is 176 g/mol. The summed E-state index contributed by atoms with van der Waals surface area (Å²) in [5, 5.41) is 0. The van der Waals surface area contributed by atoms with Crippen LogP contribution < -0.4 is 0 Å². The lowest BCUT2D eigenvalue weighted by Gasteiger charge is -1.88. The maximum absolute atomic E-state index is 11.0. The van der Waals surface area contributed by atoms with Gasteiger partial charge in [-0.05, 0) is 12.2 Å². The molecule has 0 rings (SSSR count). The molecule has 0 amide bonds. The summed E-state index contributed by atoms with van der Waals surface area (Å²) in [4.78, 5) is 21.9. The van der Waals surface area contributed by atoms with Crippen LogP contribution in [0.5, 0.6) is 0 Å². The molecule has 0 bridgehead atoms. The Balaban J connectivity index is 3.98. The normalized spacial score (nSPS) is 10.5. The van der Waals surface area contributed by atoms with Crippen molar-refractivity contribution in [1.29, 1.82) is 0 Å². The Kier molecular flexibility index (Phi) is 6.06. The Morgan fingerprint density at radius 3 is 1.62 bits per heavy atom. The van der Waals surface area contributed by atoms with E-state index in [0.717, 1.165) is 0 Å². The average molecular weight is 176 g/mol. The average Bonchev–Trinajstić information content (AvgIpc) is 2.11. The highest BCUT2D eigenvalue weighted by atomic mass is 16.1. The predicted molar refractivity (Wildman–Crippen MR) is 53.3 cm³/mol. The molecular formula is C11H12O2. The van der Waals surface area contributed by atoms with Gasteiger partial charge in [-0.1, -0.05) is 37.5 Å². The molecule has 0 aromatic rings. The summed E-state index contributed by atoms with van der Waals surface area (Å²) in [6.45, 7) is 6.82. The van der Waals surface area contributed by atoms with Crippen molar-refractivity contribution in [1.82, 2.24) is 0 Å². The summed E-state index contributed by atoms with van der Waals surface area (Å²) in [6.07, 6.45) is 8.54. The minimum absolute atomic E-state index is 0.103. The third-order valence-corrected chi connectivity index (χ3v) is 1.18. The largest absolute Gasteiger partial charge is 0.294 e. The zero-order chi connectivity index (χ0) is 10.1. The lowest BCUT2D eigenvalue weighted by molar-refractivity contribution is -0.121. The molecule has 0 unspecified atom stereocenters. The summed E-state index contributed by atoms with van der Waals surface area (Å²) in [5.41, 5.74) is 0. The van der Waals surface area contributed by atoms with Gasteiger partial charge in [0.1, 0.15) is 0 Å². The Morgan fingerprint density at radius 1 is 0.923 bits per heavy atom. The highest BCUT2D eigenvalue weighted by molar-refractivity contribution is 6.08. The van der Waals surface area contributed by atoms with Crippen LogP contribution in [-0.4, -0.2) is 11.6 Å².